The molecule has 1 aliphatic rings. The van der Waals surface area contributed by atoms with Crippen molar-refractivity contribution >= 4 is 22.8 Å². The summed E-state index contributed by atoms with van der Waals surface area (Å²) in [6.07, 6.45) is 2.12. The molecule has 3 heterocycles. The van der Waals surface area contributed by atoms with Gasteiger partial charge in [0.1, 0.15) is 17.3 Å². The highest BCUT2D eigenvalue weighted by Crippen LogP contribution is 2.35. The SMILES string of the molecule is COc1ccc(-n2nc3nc(N(C)C4CCN(C)CC4)nc(-c4cccc(OC)c4)c3c2N)cc1. The maximum absolute atomic E-state index is 6.67. The average molecular weight is 474 g/mol. The summed E-state index contributed by atoms with van der Waals surface area (Å²) < 4.78 is 12.5. The highest BCUT2D eigenvalue weighted by atomic mass is 16.5. The van der Waals surface area contributed by atoms with E-state index in [1.165, 1.54) is 0 Å². The summed E-state index contributed by atoms with van der Waals surface area (Å²) in [5.41, 5.74) is 9.69. The standard InChI is InChI=1S/C26H31N7O2/c1-31-14-12-18(13-15-31)32(2)26-28-23(17-6-5-7-21(16-17)35-4)22-24(27)33(30-25(22)29-26)19-8-10-20(34-3)11-9-19/h5-11,16,18H,12-15,27H2,1-4H3. The molecule has 0 bridgehead atoms. The molecular formula is C26H31N7O2. The lowest BCUT2D eigenvalue weighted by Gasteiger charge is -2.35. The van der Waals surface area contributed by atoms with Crippen molar-refractivity contribution in [2.24, 2.45) is 0 Å². The number of nitrogens with zero attached hydrogens (tertiary/aromatic N) is 6. The summed E-state index contributed by atoms with van der Waals surface area (Å²) in [4.78, 5) is 14.4. The van der Waals surface area contributed by atoms with E-state index in [0.29, 0.717) is 23.5 Å². The number of benzene rings is 2. The van der Waals surface area contributed by atoms with Gasteiger partial charge in [-0.3, -0.25) is 0 Å². The summed E-state index contributed by atoms with van der Waals surface area (Å²) in [5.74, 6) is 2.64. The molecule has 0 saturated carbocycles. The Bertz CT molecular complexity index is 1330. The minimum atomic E-state index is 0.364. The molecule has 2 aromatic carbocycles. The average Bonchev–Trinajstić information content (AvgIpc) is 3.24. The number of ether oxygens (including phenoxy) is 2. The quantitative estimate of drug-likeness (QED) is 0.454. The van der Waals surface area contributed by atoms with Gasteiger partial charge in [-0.15, -0.1) is 5.10 Å². The van der Waals surface area contributed by atoms with Crippen molar-refractivity contribution in [3.63, 3.8) is 0 Å². The van der Waals surface area contributed by atoms with Gasteiger partial charge in [0.25, 0.3) is 0 Å². The van der Waals surface area contributed by atoms with Crippen molar-refractivity contribution in [3.05, 3.63) is 48.5 Å². The lowest BCUT2D eigenvalue weighted by atomic mass is 10.0. The molecule has 35 heavy (non-hydrogen) atoms. The number of piperidine rings is 1. The molecular weight excluding hydrogens is 442 g/mol. The van der Waals surface area contributed by atoms with Gasteiger partial charge in [0.15, 0.2) is 5.65 Å². The summed E-state index contributed by atoms with van der Waals surface area (Å²) in [7, 11) is 7.53. The Hall–Kier alpha value is -3.85. The summed E-state index contributed by atoms with van der Waals surface area (Å²) in [6, 6.07) is 15.8. The van der Waals surface area contributed by atoms with Crippen molar-refractivity contribution in [1.82, 2.24) is 24.6 Å². The van der Waals surface area contributed by atoms with Crippen molar-refractivity contribution in [2.75, 3.05) is 52.0 Å². The molecule has 1 fully saturated rings. The van der Waals surface area contributed by atoms with Gasteiger partial charge in [0.05, 0.1) is 31.0 Å². The molecule has 0 atom stereocenters. The molecule has 0 radical (unpaired) electrons. The Morgan fingerprint density at radius 2 is 1.69 bits per heavy atom. The van der Waals surface area contributed by atoms with Gasteiger partial charge < -0.3 is 25.0 Å². The van der Waals surface area contributed by atoms with Crippen molar-refractivity contribution in [3.8, 4) is 28.4 Å². The fourth-order valence-electron chi connectivity index (χ4n) is 4.60. The highest BCUT2D eigenvalue weighted by Gasteiger charge is 2.25. The van der Waals surface area contributed by atoms with Gasteiger partial charge in [0, 0.05) is 18.7 Å². The number of rotatable bonds is 6. The third-order valence-electron chi connectivity index (χ3n) is 6.77. The van der Waals surface area contributed by atoms with E-state index in [2.05, 4.69) is 23.9 Å². The van der Waals surface area contributed by atoms with Gasteiger partial charge in [-0.1, -0.05) is 12.1 Å². The van der Waals surface area contributed by atoms with Gasteiger partial charge in [-0.2, -0.15) is 4.98 Å². The van der Waals surface area contributed by atoms with E-state index >= 15 is 0 Å². The first-order valence-electron chi connectivity index (χ1n) is 11.7. The number of fused-ring (bicyclic) bond motifs is 1. The van der Waals surface area contributed by atoms with Crippen LogP contribution in [0.2, 0.25) is 0 Å². The predicted octanol–water partition coefficient (Wildman–Crippen LogP) is 3.61. The molecule has 4 aromatic rings. The number of nitrogen functional groups attached to an aromatic ring is 1. The van der Waals surface area contributed by atoms with E-state index in [-0.39, 0.29) is 0 Å². The summed E-state index contributed by atoms with van der Waals surface area (Å²) >= 11 is 0. The second-order valence-corrected chi connectivity index (χ2v) is 8.94. The maximum Gasteiger partial charge on any atom is 0.228 e. The van der Waals surface area contributed by atoms with Crippen LogP contribution >= 0.6 is 0 Å². The fourth-order valence-corrected chi connectivity index (χ4v) is 4.60. The van der Waals surface area contributed by atoms with Crippen molar-refractivity contribution < 1.29 is 9.47 Å². The first-order chi connectivity index (χ1) is 17.0. The molecule has 2 N–H and O–H groups in total. The number of hydrogen-bond acceptors (Lipinski definition) is 8. The fraction of sp³-hybridized carbons (Fsp3) is 0.346. The third kappa shape index (κ3) is 4.35. The van der Waals surface area contributed by atoms with Gasteiger partial charge in [-0.25, -0.2) is 9.67 Å². The zero-order valence-corrected chi connectivity index (χ0v) is 20.6. The van der Waals surface area contributed by atoms with Crippen LogP contribution < -0.4 is 20.1 Å². The van der Waals surface area contributed by atoms with Crippen LogP contribution in [0.15, 0.2) is 48.5 Å². The molecule has 1 saturated heterocycles. The van der Waals surface area contributed by atoms with E-state index in [4.69, 9.17) is 30.3 Å². The zero-order valence-electron chi connectivity index (χ0n) is 20.6. The van der Waals surface area contributed by atoms with Gasteiger partial charge in [0.2, 0.25) is 5.95 Å². The number of aromatic nitrogens is 4. The van der Waals surface area contributed by atoms with Gasteiger partial charge in [-0.05, 0) is 69.4 Å². The first-order valence-corrected chi connectivity index (χ1v) is 11.7. The van der Waals surface area contributed by atoms with Crippen LogP contribution in [0.25, 0.3) is 28.0 Å². The monoisotopic (exact) mass is 473 g/mol. The Kier molecular flexibility index (Phi) is 6.17. The van der Waals surface area contributed by atoms with E-state index in [1.54, 1.807) is 18.9 Å². The molecule has 0 unspecified atom stereocenters. The van der Waals surface area contributed by atoms with Crippen LogP contribution in [0, 0.1) is 0 Å². The van der Waals surface area contributed by atoms with E-state index in [1.807, 2.05) is 48.5 Å². The van der Waals surface area contributed by atoms with E-state index in [0.717, 1.165) is 59.8 Å². The Balaban J connectivity index is 1.66. The number of nitrogens with two attached hydrogens (primary N) is 1. The molecule has 1 aliphatic heterocycles. The Labute approximate surface area is 205 Å². The minimum Gasteiger partial charge on any atom is -0.497 e. The summed E-state index contributed by atoms with van der Waals surface area (Å²) in [5, 5.41) is 5.52. The Morgan fingerprint density at radius 3 is 2.37 bits per heavy atom. The largest absolute Gasteiger partial charge is 0.497 e. The third-order valence-corrected chi connectivity index (χ3v) is 6.77. The van der Waals surface area contributed by atoms with Crippen LogP contribution in [0.5, 0.6) is 11.5 Å². The minimum absolute atomic E-state index is 0.364. The maximum atomic E-state index is 6.67. The van der Waals surface area contributed by atoms with E-state index in [9.17, 15) is 0 Å². The predicted molar refractivity (Wildman–Crippen MR) is 139 cm³/mol. The highest BCUT2D eigenvalue weighted by molar-refractivity contribution is 5.99. The second-order valence-electron chi connectivity index (χ2n) is 8.94. The molecule has 2 aromatic heterocycles. The molecule has 9 heteroatoms. The number of likely N-dealkylation sites (tertiary alicyclic amines) is 1. The smallest absolute Gasteiger partial charge is 0.228 e. The van der Waals surface area contributed by atoms with Crippen LogP contribution in [0.1, 0.15) is 12.8 Å². The lowest BCUT2D eigenvalue weighted by Crippen LogP contribution is -2.42. The second kappa shape index (κ2) is 9.42. The summed E-state index contributed by atoms with van der Waals surface area (Å²) in [6.45, 7) is 2.11. The topological polar surface area (TPSA) is 94.6 Å². The zero-order chi connectivity index (χ0) is 24.5. The molecule has 0 spiro atoms. The molecule has 9 nitrogen and oxygen atoms in total. The van der Waals surface area contributed by atoms with Crippen LogP contribution in [-0.4, -0.2) is 72.1 Å². The number of methoxy groups -OCH3 is 2. The normalized spacial score (nSPS) is 14.9. The molecule has 182 valence electrons. The number of hydrogen-bond donors (Lipinski definition) is 1. The number of anilines is 2. The molecule has 5 rings (SSSR count). The van der Waals surface area contributed by atoms with Crippen LogP contribution in [-0.2, 0) is 0 Å². The van der Waals surface area contributed by atoms with Gasteiger partial charge >= 0.3 is 0 Å². The molecule has 0 aliphatic carbocycles. The molecule has 0 amide bonds. The van der Waals surface area contributed by atoms with Crippen LogP contribution in [0.3, 0.4) is 0 Å². The Morgan fingerprint density at radius 1 is 0.971 bits per heavy atom. The van der Waals surface area contributed by atoms with Crippen molar-refractivity contribution in [2.45, 2.75) is 18.9 Å². The van der Waals surface area contributed by atoms with E-state index < -0.39 is 0 Å². The van der Waals surface area contributed by atoms with Crippen molar-refractivity contribution in [1.29, 1.82) is 0 Å². The van der Waals surface area contributed by atoms with Crippen LogP contribution in [0.4, 0.5) is 11.8 Å². The lowest BCUT2D eigenvalue weighted by molar-refractivity contribution is 0.252. The first kappa shape index (κ1) is 22.9.